The van der Waals surface area contributed by atoms with E-state index in [4.69, 9.17) is 4.74 Å². The first-order valence-electron chi connectivity index (χ1n) is 6.93. The van der Waals surface area contributed by atoms with Crippen LogP contribution in [0.5, 0.6) is 0 Å². The minimum atomic E-state index is 0.434. The predicted molar refractivity (Wildman–Crippen MR) is 72.7 cm³/mol. The fourth-order valence-electron chi connectivity index (χ4n) is 3.17. The number of hydrogen-bond acceptors (Lipinski definition) is 3. The molecule has 3 rings (SSSR count). The van der Waals surface area contributed by atoms with Crippen molar-refractivity contribution in [3.05, 3.63) is 35.4 Å². The van der Waals surface area contributed by atoms with Crippen LogP contribution in [-0.2, 0) is 11.2 Å². The van der Waals surface area contributed by atoms with Crippen molar-refractivity contribution in [3.8, 4) is 0 Å². The van der Waals surface area contributed by atoms with Crippen LogP contribution >= 0.6 is 0 Å². The topological polar surface area (TPSA) is 24.5 Å². The van der Waals surface area contributed by atoms with Gasteiger partial charge in [0.05, 0.1) is 6.10 Å². The molecule has 0 amide bonds. The van der Waals surface area contributed by atoms with Gasteiger partial charge in [-0.25, -0.2) is 0 Å². The Hall–Kier alpha value is -0.900. The molecular formula is C15H22N2O. The van der Waals surface area contributed by atoms with Crippen molar-refractivity contribution in [2.45, 2.75) is 25.0 Å². The highest BCUT2D eigenvalue weighted by Gasteiger charge is 2.26. The van der Waals surface area contributed by atoms with E-state index in [1.54, 1.807) is 0 Å². The van der Waals surface area contributed by atoms with E-state index in [0.717, 1.165) is 26.1 Å². The van der Waals surface area contributed by atoms with Crippen LogP contribution in [-0.4, -0.2) is 44.3 Å². The lowest BCUT2D eigenvalue weighted by molar-refractivity contribution is 0.106. The largest absolute Gasteiger partial charge is 0.380 e. The highest BCUT2D eigenvalue weighted by Crippen LogP contribution is 2.25. The molecule has 3 heteroatoms. The molecule has 0 aliphatic carbocycles. The third-order valence-corrected chi connectivity index (χ3v) is 4.22. The Morgan fingerprint density at radius 1 is 1.39 bits per heavy atom. The zero-order valence-electron chi connectivity index (χ0n) is 11.1. The molecule has 0 radical (unpaired) electrons. The lowest BCUT2D eigenvalue weighted by atomic mass is 9.94. The molecule has 0 bridgehead atoms. The van der Waals surface area contributed by atoms with Crippen LogP contribution in [0.25, 0.3) is 0 Å². The van der Waals surface area contributed by atoms with E-state index >= 15 is 0 Å². The molecule has 0 spiro atoms. The molecule has 2 aliphatic heterocycles. The third-order valence-electron chi connectivity index (χ3n) is 4.22. The maximum Gasteiger partial charge on any atom is 0.0710 e. The molecule has 1 N–H and O–H groups in total. The summed E-state index contributed by atoms with van der Waals surface area (Å²) in [5, 5.41) is 3.65. The van der Waals surface area contributed by atoms with Crippen molar-refractivity contribution >= 4 is 0 Å². The van der Waals surface area contributed by atoms with Crippen LogP contribution in [0.4, 0.5) is 0 Å². The number of hydrogen-bond donors (Lipinski definition) is 1. The van der Waals surface area contributed by atoms with E-state index in [1.807, 2.05) is 7.11 Å². The lowest BCUT2D eigenvalue weighted by Crippen LogP contribution is -2.38. The van der Waals surface area contributed by atoms with Crippen LogP contribution in [0.1, 0.15) is 23.6 Å². The average molecular weight is 246 g/mol. The van der Waals surface area contributed by atoms with Gasteiger partial charge in [-0.05, 0) is 30.5 Å². The SMILES string of the molecule is COC1CCN(CC2NCCc3ccccc32)C1. The van der Waals surface area contributed by atoms with Gasteiger partial charge < -0.3 is 10.1 Å². The Balaban J connectivity index is 1.67. The Morgan fingerprint density at radius 2 is 2.28 bits per heavy atom. The van der Waals surface area contributed by atoms with E-state index in [0.29, 0.717) is 12.1 Å². The van der Waals surface area contributed by atoms with Gasteiger partial charge in [-0.1, -0.05) is 24.3 Å². The molecule has 1 aromatic rings. The number of ether oxygens (including phenoxy) is 1. The number of rotatable bonds is 3. The monoisotopic (exact) mass is 246 g/mol. The molecule has 1 saturated heterocycles. The summed E-state index contributed by atoms with van der Waals surface area (Å²) in [5.74, 6) is 0. The maximum atomic E-state index is 5.44. The van der Waals surface area contributed by atoms with E-state index < -0.39 is 0 Å². The number of nitrogens with one attached hydrogen (secondary N) is 1. The van der Waals surface area contributed by atoms with Crippen LogP contribution in [0.2, 0.25) is 0 Å². The summed E-state index contributed by atoms with van der Waals surface area (Å²) in [6.45, 7) is 4.45. The van der Waals surface area contributed by atoms with Crippen LogP contribution in [0.15, 0.2) is 24.3 Å². The van der Waals surface area contributed by atoms with Crippen molar-refractivity contribution in [1.82, 2.24) is 10.2 Å². The van der Waals surface area contributed by atoms with Gasteiger partial charge in [0, 0.05) is 32.8 Å². The number of methoxy groups -OCH3 is 1. The first-order valence-corrected chi connectivity index (χ1v) is 6.93. The Morgan fingerprint density at radius 3 is 3.11 bits per heavy atom. The Kier molecular flexibility index (Phi) is 3.64. The lowest BCUT2D eigenvalue weighted by Gasteiger charge is -2.30. The number of benzene rings is 1. The zero-order valence-corrected chi connectivity index (χ0v) is 11.1. The van der Waals surface area contributed by atoms with Crippen molar-refractivity contribution in [2.75, 3.05) is 33.3 Å². The average Bonchev–Trinajstić information content (AvgIpc) is 2.87. The predicted octanol–water partition coefficient (Wildman–Crippen LogP) is 1.59. The van der Waals surface area contributed by atoms with Gasteiger partial charge in [0.15, 0.2) is 0 Å². The zero-order chi connectivity index (χ0) is 12.4. The molecule has 3 nitrogen and oxygen atoms in total. The molecule has 18 heavy (non-hydrogen) atoms. The second kappa shape index (κ2) is 5.39. The molecular weight excluding hydrogens is 224 g/mol. The number of likely N-dealkylation sites (tertiary alicyclic amines) is 1. The summed E-state index contributed by atoms with van der Waals surface area (Å²) >= 11 is 0. The number of nitrogens with zero attached hydrogens (tertiary/aromatic N) is 1. The van der Waals surface area contributed by atoms with Crippen molar-refractivity contribution < 1.29 is 4.74 Å². The smallest absolute Gasteiger partial charge is 0.0710 e. The van der Waals surface area contributed by atoms with Gasteiger partial charge >= 0.3 is 0 Å². The van der Waals surface area contributed by atoms with E-state index in [2.05, 4.69) is 34.5 Å². The summed E-state index contributed by atoms with van der Waals surface area (Å²) in [4.78, 5) is 2.52. The molecule has 98 valence electrons. The van der Waals surface area contributed by atoms with Crippen molar-refractivity contribution in [1.29, 1.82) is 0 Å². The molecule has 2 aliphatic rings. The van der Waals surface area contributed by atoms with E-state index in [1.165, 1.54) is 24.1 Å². The molecule has 0 saturated carbocycles. The van der Waals surface area contributed by atoms with Gasteiger partial charge in [0.1, 0.15) is 0 Å². The molecule has 2 heterocycles. The summed E-state index contributed by atoms with van der Waals surface area (Å²) < 4.78 is 5.44. The third kappa shape index (κ3) is 2.44. The fraction of sp³-hybridized carbons (Fsp3) is 0.600. The first kappa shape index (κ1) is 12.2. The number of fused-ring (bicyclic) bond motifs is 1. The van der Waals surface area contributed by atoms with Crippen molar-refractivity contribution in [2.24, 2.45) is 0 Å². The molecule has 2 unspecified atom stereocenters. The highest BCUT2D eigenvalue weighted by atomic mass is 16.5. The van der Waals surface area contributed by atoms with Gasteiger partial charge in [0.2, 0.25) is 0 Å². The minimum Gasteiger partial charge on any atom is -0.380 e. The first-order chi connectivity index (χ1) is 8.86. The van der Waals surface area contributed by atoms with Crippen molar-refractivity contribution in [3.63, 3.8) is 0 Å². The summed E-state index contributed by atoms with van der Waals surface area (Å²) in [6.07, 6.45) is 2.77. The molecule has 1 fully saturated rings. The van der Waals surface area contributed by atoms with E-state index in [9.17, 15) is 0 Å². The Bertz CT molecular complexity index is 407. The van der Waals surface area contributed by atoms with Crippen LogP contribution in [0.3, 0.4) is 0 Å². The van der Waals surface area contributed by atoms with E-state index in [-0.39, 0.29) is 0 Å². The quantitative estimate of drug-likeness (QED) is 0.876. The van der Waals surface area contributed by atoms with Gasteiger partial charge in [-0.2, -0.15) is 0 Å². The summed E-state index contributed by atoms with van der Waals surface area (Å²) in [5.41, 5.74) is 3.01. The summed E-state index contributed by atoms with van der Waals surface area (Å²) in [7, 11) is 1.82. The standard InChI is InChI=1S/C15H22N2O/c1-18-13-7-9-17(10-13)11-15-14-5-3-2-4-12(14)6-8-16-15/h2-5,13,15-16H,6-11H2,1H3. The normalized spacial score (nSPS) is 28.3. The van der Waals surface area contributed by atoms with Gasteiger partial charge in [-0.3, -0.25) is 4.90 Å². The van der Waals surface area contributed by atoms with Crippen LogP contribution in [0, 0.1) is 0 Å². The summed E-state index contributed by atoms with van der Waals surface area (Å²) in [6, 6.07) is 9.34. The Labute approximate surface area is 109 Å². The maximum absolute atomic E-state index is 5.44. The molecule has 1 aromatic carbocycles. The second-order valence-electron chi connectivity index (χ2n) is 5.36. The van der Waals surface area contributed by atoms with Gasteiger partial charge in [-0.15, -0.1) is 0 Å². The fourth-order valence-corrected chi connectivity index (χ4v) is 3.17. The molecule has 0 aromatic heterocycles. The van der Waals surface area contributed by atoms with Crippen LogP contribution < -0.4 is 5.32 Å². The minimum absolute atomic E-state index is 0.434. The van der Waals surface area contributed by atoms with Gasteiger partial charge in [0.25, 0.3) is 0 Å². The second-order valence-corrected chi connectivity index (χ2v) is 5.36. The highest BCUT2D eigenvalue weighted by molar-refractivity contribution is 5.32. The molecule has 2 atom stereocenters.